The zero-order valence-electron chi connectivity index (χ0n) is 9.33. The average Bonchev–Trinajstić information content (AvgIpc) is 2.47. The highest BCUT2D eigenvalue weighted by molar-refractivity contribution is 9.10. The number of nitrogens with two attached hydrogens (primary N) is 1. The van der Waals surface area contributed by atoms with Gasteiger partial charge in [0, 0.05) is 6.04 Å². The second-order valence-electron chi connectivity index (χ2n) is 4.50. The van der Waals surface area contributed by atoms with Crippen LogP contribution in [0.2, 0.25) is 0 Å². The lowest BCUT2D eigenvalue weighted by molar-refractivity contribution is 0.300. The minimum absolute atomic E-state index is 0.404. The van der Waals surface area contributed by atoms with Gasteiger partial charge in [0.15, 0.2) is 0 Å². The zero-order chi connectivity index (χ0) is 11.0. The molecule has 84 valence electrons. The molecule has 0 aromatic carbocycles. The highest BCUT2D eigenvalue weighted by Gasteiger charge is 2.22. The van der Waals surface area contributed by atoms with E-state index in [0.717, 1.165) is 35.8 Å². The largest absolute Gasteiger partial charge is 0.328 e. The molecule has 0 aliphatic heterocycles. The van der Waals surface area contributed by atoms with E-state index in [-0.39, 0.29) is 0 Å². The van der Waals surface area contributed by atoms with E-state index in [1.54, 1.807) is 0 Å². The van der Waals surface area contributed by atoms with E-state index in [2.05, 4.69) is 32.6 Å². The fourth-order valence-corrected chi connectivity index (χ4v) is 2.61. The first-order valence-corrected chi connectivity index (χ1v) is 6.35. The molecule has 0 amide bonds. The van der Waals surface area contributed by atoms with Crippen molar-refractivity contribution in [3.05, 3.63) is 15.9 Å². The minimum atomic E-state index is 0.404. The van der Waals surface area contributed by atoms with E-state index in [1.165, 1.54) is 5.69 Å². The van der Waals surface area contributed by atoms with Gasteiger partial charge in [-0.1, -0.05) is 0 Å². The Kier molecular flexibility index (Phi) is 3.16. The van der Waals surface area contributed by atoms with E-state index in [1.807, 2.05) is 6.92 Å². The maximum absolute atomic E-state index is 5.91. The molecule has 0 bridgehead atoms. The molecule has 1 aliphatic rings. The van der Waals surface area contributed by atoms with Crippen LogP contribution in [0.4, 0.5) is 0 Å². The predicted octanol–water partition coefficient (Wildman–Crippen LogP) is 2.70. The molecular weight excluding hydrogens is 254 g/mol. The molecule has 1 aromatic rings. The molecule has 0 unspecified atom stereocenters. The molecule has 4 heteroatoms. The number of aryl methyl sites for hydroxylation is 1. The van der Waals surface area contributed by atoms with Crippen LogP contribution < -0.4 is 5.73 Å². The van der Waals surface area contributed by atoms with Crippen molar-refractivity contribution in [2.75, 3.05) is 0 Å². The number of hydrogen-bond acceptors (Lipinski definition) is 2. The zero-order valence-corrected chi connectivity index (χ0v) is 10.9. The normalized spacial score (nSPS) is 26.9. The summed E-state index contributed by atoms with van der Waals surface area (Å²) in [6, 6.07) is 0.955. The molecule has 0 spiro atoms. The lowest BCUT2D eigenvalue weighted by atomic mass is 9.92. The molecule has 2 rings (SSSR count). The smallest absolute Gasteiger partial charge is 0.0738 e. The molecule has 1 aliphatic carbocycles. The van der Waals surface area contributed by atoms with Gasteiger partial charge in [0.05, 0.1) is 21.9 Å². The maximum Gasteiger partial charge on any atom is 0.0738 e. The van der Waals surface area contributed by atoms with Crippen LogP contribution in [0.5, 0.6) is 0 Å². The quantitative estimate of drug-likeness (QED) is 0.854. The third-order valence-corrected chi connectivity index (χ3v) is 4.47. The summed E-state index contributed by atoms with van der Waals surface area (Å²) in [5.74, 6) is 0. The molecule has 2 N–H and O–H groups in total. The van der Waals surface area contributed by atoms with Crippen molar-refractivity contribution >= 4 is 15.9 Å². The lowest BCUT2D eigenvalue weighted by Crippen LogP contribution is -2.28. The van der Waals surface area contributed by atoms with Crippen LogP contribution in [0, 0.1) is 13.8 Å². The number of hydrogen-bond donors (Lipinski definition) is 1. The Labute approximate surface area is 99.2 Å². The Morgan fingerprint density at radius 2 is 1.87 bits per heavy atom. The Hall–Kier alpha value is -0.350. The number of halogens is 1. The van der Waals surface area contributed by atoms with Gasteiger partial charge in [-0.2, -0.15) is 5.10 Å². The van der Waals surface area contributed by atoms with Crippen LogP contribution in [0.25, 0.3) is 0 Å². The first-order chi connectivity index (χ1) is 7.09. The minimum Gasteiger partial charge on any atom is -0.328 e. The van der Waals surface area contributed by atoms with Crippen molar-refractivity contribution in [3.8, 4) is 0 Å². The number of rotatable bonds is 1. The SMILES string of the molecule is Cc1nn(C2CCC(N)CC2)c(C)c1Br. The second-order valence-corrected chi connectivity index (χ2v) is 5.29. The van der Waals surface area contributed by atoms with Crippen LogP contribution in [-0.2, 0) is 0 Å². The van der Waals surface area contributed by atoms with Crippen LogP contribution in [0.3, 0.4) is 0 Å². The van der Waals surface area contributed by atoms with Gasteiger partial charge in [-0.3, -0.25) is 4.68 Å². The van der Waals surface area contributed by atoms with E-state index in [0.29, 0.717) is 12.1 Å². The average molecular weight is 272 g/mol. The molecule has 1 saturated carbocycles. The van der Waals surface area contributed by atoms with Gasteiger partial charge < -0.3 is 5.73 Å². The molecule has 1 fully saturated rings. The van der Waals surface area contributed by atoms with E-state index in [9.17, 15) is 0 Å². The van der Waals surface area contributed by atoms with E-state index >= 15 is 0 Å². The van der Waals surface area contributed by atoms with Gasteiger partial charge in [-0.25, -0.2) is 0 Å². The summed E-state index contributed by atoms with van der Waals surface area (Å²) in [5.41, 5.74) is 8.24. The van der Waals surface area contributed by atoms with Crippen molar-refractivity contribution < 1.29 is 0 Å². The van der Waals surface area contributed by atoms with Crippen molar-refractivity contribution in [1.82, 2.24) is 9.78 Å². The summed E-state index contributed by atoms with van der Waals surface area (Å²) in [4.78, 5) is 0. The fraction of sp³-hybridized carbons (Fsp3) is 0.727. The molecule has 0 radical (unpaired) electrons. The first-order valence-electron chi connectivity index (χ1n) is 5.56. The molecule has 1 aromatic heterocycles. The molecule has 15 heavy (non-hydrogen) atoms. The second kappa shape index (κ2) is 4.26. The van der Waals surface area contributed by atoms with Crippen LogP contribution in [0.1, 0.15) is 43.1 Å². The third-order valence-electron chi connectivity index (χ3n) is 3.32. The van der Waals surface area contributed by atoms with E-state index in [4.69, 9.17) is 5.73 Å². The highest BCUT2D eigenvalue weighted by atomic mass is 79.9. The van der Waals surface area contributed by atoms with Crippen LogP contribution in [0.15, 0.2) is 4.47 Å². The molecule has 0 atom stereocenters. The summed E-state index contributed by atoms with van der Waals surface area (Å²) in [5, 5.41) is 4.59. The topological polar surface area (TPSA) is 43.8 Å². The van der Waals surface area contributed by atoms with Crippen molar-refractivity contribution in [2.45, 2.75) is 51.6 Å². The van der Waals surface area contributed by atoms with Crippen LogP contribution in [-0.4, -0.2) is 15.8 Å². The van der Waals surface area contributed by atoms with Crippen LogP contribution >= 0.6 is 15.9 Å². The summed E-state index contributed by atoms with van der Waals surface area (Å²) in [6.07, 6.45) is 4.58. The molecule has 3 nitrogen and oxygen atoms in total. The fourth-order valence-electron chi connectivity index (χ4n) is 2.34. The summed E-state index contributed by atoms with van der Waals surface area (Å²) in [6.45, 7) is 4.17. The summed E-state index contributed by atoms with van der Waals surface area (Å²) >= 11 is 3.57. The summed E-state index contributed by atoms with van der Waals surface area (Å²) < 4.78 is 3.32. The summed E-state index contributed by atoms with van der Waals surface area (Å²) in [7, 11) is 0. The third kappa shape index (κ3) is 2.11. The Morgan fingerprint density at radius 1 is 1.27 bits per heavy atom. The molecule has 0 saturated heterocycles. The van der Waals surface area contributed by atoms with Gasteiger partial charge in [-0.15, -0.1) is 0 Å². The molecular formula is C11H18BrN3. The highest BCUT2D eigenvalue weighted by Crippen LogP contribution is 2.31. The van der Waals surface area contributed by atoms with Gasteiger partial charge in [0.1, 0.15) is 0 Å². The number of nitrogens with zero attached hydrogens (tertiary/aromatic N) is 2. The van der Waals surface area contributed by atoms with E-state index < -0.39 is 0 Å². The Bertz CT molecular complexity index is 351. The van der Waals surface area contributed by atoms with Gasteiger partial charge in [0.25, 0.3) is 0 Å². The monoisotopic (exact) mass is 271 g/mol. The number of aromatic nitrogens is 2. The Morgan fingerprint density at radius 3 is 2.33 bits per heavy atom. The van der Waals surface area contributed by atoms with Gasteiger partial charge in [0.2, 0.25) is 0 Å². The first kappa shape index (κ1) is 11.1. The van der Waals surface area contributed by atoms with Crippen molar-refractivity contribution in [1.29, 1.82) is 0 Å². The van der Waals surface area contributed by atoms with Gasteiger partial charge >= 0.3 is 0 Å². The predicted molar refractivity (Wildman–Crippen MR) is 64.9 cm³/mol. The standard InChI is InChI=1S/C11H18BrN3/c1-7-11(12)8(2)15(14-7)10-5-3-9(13)4-6-10/h9-10H,3-6,13H2,1-2H3. The molecule has 1 heterocycles. The van der Waals surface area contributed by atoms with Gasteiger partial charge in [-0.05, 0) is 55.5 Å². The lowest BCUT2D eigenvalue weighted by Gasteiger charge is -2.27. The van der Waals surface area contributed by atoms with Crippen molar-refractivity contribution in [3.63, 3.8) is 0 Å². The van der Waals surface area contributed by atoms with Crippen molar-refractivity contribution in [2.24, 2.45) is 5.73 Å². The Balaban J connectivity index is 2.19. The maximum atomic E-state index is 5.91.